The Labute approximate surface area is 111 Å². The molecule has 108 valence electrons. The highest BCUT2D eigenvalue weighted by molar-refractivity contribution is 5.46. The van der Waals surface area contributed by atoms with E-state index >= 15 is 0 Å². The lowest BCUT2D eigenvalue weighted by Crippen LogP contribution is -2.21. The van der Waals surface area contributed by atoms with E-state index in [1.807, 2.05) is 0 Å². The highest BCUT2D eigenvalue weighted by Gasteiger charge is 2.33. The highest BCUT2D eigenvalue weighted by Crippen LogP contribution is 2.27. The summed E-state index contributed by atoms with van der Waals surface area (Å²) in [5, 5.41) is 19.6. The van der Waals surface area contributed by atoms with E-state index in [1.54, 1.807) is 13.8 Å². The van der Waals surface area contributed by atoms with Gasteiger partial charge in [0.25, 0.3) is 0 Å². The Morgan fingerprint density at radius 2 is 1.90 bits per heavy atom. The van der Waals surface area contributed by atoms with Crippen LogP contribution in [0.5, 0.6) is 0 Å². The molecule has 1 N–H and O–H groups in total. The molecule has 0 aliphatic carbocycles. The van der Waals surface area contributed by atoms with Crippen molar-refractivity contribution in [1.82, 2.24) is 20.3 Å². The standard InChI is InChI=1S/C11H11F3N4O2/c1-10(2,19)5-8-15-9(18-20-8)6-3-4-7(17-16-6)11(12,13)14/h3-4,19H,5H2,1-2H3. The van der Waals surface area contributed by atoms with Gasteiger partial charge in [-0.15, -0.1) is 10.2 Å². The first-order chi connectivity index (χ1) is 9.15. The van der Waals surface area contributed by atoms with Gasteiger partial charge in [0, 0.05) is 0 Å². The van der Waals surface area contributed by atoms with Gasteiger partial charge in [0.1, 0.15) is 5.69 Å². The van der Waals surface area contributed by atoms with Crippen LogP contribution >= 0.6 is 0 Å². The van der Waals surface area contributed by atoms with Gasteiger partial charge < -0.3 is 9.63 Å². The molecule has 0 atom stereocenters. The van der Waals surface area contributed by atoms with E-state index in [0.29, 0.717) is 0 Å². The third-order valence-corrected chi connectivity index (χ3v) is 2.24. The number of alkyl halides is 3. The maximum absolute atomic E-state index is 12.3. The van der Waals surface area contributed by atoms with Crippen LogP contribution < -0.4 is 0 Å². The van der Waals surface area contributed by atoms with Crippen LogP contribution in [0.4, 0.5) is 13.2 Å². The minimum atomic E-state index is -4.55. The van der Waals surface area contributed by atoms with Gasteiger partial charge >= 0.3 is 6.18 Å². The number of hydrogen-bond donors (Lipinski definition) is 1. The maximum Gasteiger partial charge on any atom is 0.435 e. The van der Waals surface area contributed by atoms with Gasteiger partial charge in [0.2, 0.25) is 11.7 Å². The summed E-state index contributed by atoms with van der Waals surface area (Å²) in [4.78, 5) is 3.94. The summed E-state index contributed by atoms with van der Waals surface area (Å²) >= 11 is 0. The minimum absolute atomic E-state index is 0.0190. The van der Waals surface area contributed by atoms with Crippen LogP contribution in [-0.4, -0.2) is 31.0 Å². The Kier molecular flexibility index (Phi) is 3.46. The van der Waals surface area contributed by atoms with Gasteiger partial charge in [0.15, 0.2) is 5.69 Å². The van der Waals surface area contributed by atoms with E-state index in [-0.39, 0.29) is 23.8 Å². The molecule has 0 fully saturated rings. The van der Waals surface area contributed by atoms with Gasteiger partial charge in [-0.3, -0.25) is 0 Å². The van der Waals surface area contributed by atoms with Crippen LogP contribution in [0.3, 0.4) is 0 Å². The second-order valence-corrected chi connectivity index (χ2v) is 4.80. The van der Waals surface area contributed by atoms with Gasteiger partial charge in [-0.05, 0) is 26.0 Å². The molecule has 0 saturated heterocycles. The number of nitrogens with zero attached hydrogens (tertiary/aromatic N) is 4. The van der Waals surface area contributed by atoms with Crippen LogP contribution in [0.2, 0.25) is 0 Å². The predicted molar refractivity (Wildman–Crippen MR) is 60.3 cm³/mol. The molecule has 2 heterocycles. The van der Waals surface area contributed by atoms with E-state index in [4.69, 9.17) is 4.52 Å². The number of aromatic nitrogens is 4. The lowest BCUT2D eigenvalue weighted by molar-refractivity contribution is -0.141. The Hall–Kier alpha value is -2.03. The second kappa shape index (κ2) is 4.82. The van der Waals surface area contributed by atoms with Gasteiger partial charge in [-0.2, -0.15) is 18.2 Å². The van der Waals surface area contributed by atoms with E-state index in [2.05, 4.69) is 20.3 Å². The van der Waals surface area contributed by atoms with E-state index in [9.17, 15) is 18.3 Å². The average molecular weight is 288 g/mol. The smallest absolute Gasteiger partial charge is 0.390 e. The Balaban J connectivity index is 2.20. The summed E-state index contributed by atoms with van der Waals surface area (Å²) in [7, 11) is 0. The molecule has 20 heavy (non-hydrogen) atoms. The van der Waals surface area contributed by atoms with Crippen molar-refractivity contribution in [3.05, 3.63) is 23.7 Å². The highest BCUT2D eigenvalue weighted by atomic mass is 19.4. The molecule has 2 rings (SSSR count). The molecule has 0 radical (unpaired) electrons. The Morgan fingerprint density at radius 1 is 1.20 bits per heavy atom. The molecule has 0 unspecified atom stereocenters. The quantitative estimate of drug-likeness (QED) is 0.927. The first-order valence-corrected chi connectivity index (χ1v) is 5.61. The second-order valence-electron chi connectivity index (χ2n) is 4.80. The summed E-state index contributed by atoms with van der Waals surface area (Å²) in [6, 6.07) is 1.89. The third-order valence-electron chi connectivity index (χ3n) is 2.24. The van der Waals surface area contributed by atoms with Crippen molar-refractivity contribution in [3.8, 4) is 11.5 Å². The molecule has 0 bridgehead atoms. The van der Waals surface area contributed by atoms with Crippen LogP contribution in [0.1, 0.15) is 25.4 Å². The van der Waals surface area contributed by atoms with Gasteiger partial charge in [-0.25, -0.2) is 0 Å². The van der Waals surface area contributed by atoms with Gasteiger partial charge in [0.05, 0.1) is 12.0 Å². The molecule has 6 nitrogen and oxygen atoms in total. The molecule has 0 aromatic carbocycles. The lowest BCUT2D eigenvalue weighted by Gasteiger charge is -2.12. The Morgan fingerprint density at radius 3 is 2.40 bits per heavy atom. The van der Waals surface area contributed by atoms with Crippen molar-refractivity contribution in [2.75, 3.05) is 0 Å². The number of aliphatic hydroxyl groups is 1. The van der Waals surface area contributed by atoms with Crippen molar-refractivity contribution in [2.45, 2.75) is 32.0 Å². The van der Waals surface area contributed by atoms with E-state index in [1.165, 1.54) is 0 Å². The molecule has 0 aliphatic rings. The maximum atomic E-state index is 12.3. The molecular formula is C11H11F3N4O2. The topological polar surface area (TPSA) is 84.9 Å². The summed E-state index contributed by atoms with van der Waals surface area (Å²) in [6.07, 6.45) is -4.43. The Bertz CT molecular complexity index is 587. The largest absolute Gasteiger partial charge is 0.435 e. The number of hydrogen-bond acceptors (Lipinski definition) is 6. The van der Waals surface area contributed by atoms with Crippen molar-refractivity contribution in [3.63, 3.8) is 0 Å². The molecule has 0 saturated carbocycles. The summed E-state index contributed by atoms with van der Waals surface area (Å²) in [5.74, 6) is 0.180. The SMILES string of the molecule is CC(C)(O)Cc1nc(-c2ccc(C(F)(F)F)nn2)no1. The van der Waals surface area contributed by atoms with Crippen LogP contribution in [-0.2, 0) is 12.6 Å². The van der Waals surface area contributed by atoms with E-state index < -0.39 is 17.5 Å². The molecule has 0 amide bonds. The zero-order valence-corrected chi connectivity index (χ0v) is 10.6. The fourth-order valence-corrected chi connectivity index (χ4v) is 1.40. The zero-order valence-electron chi connectivity index (χ0n) is 10.6. The zero-order chi connectivity index (χ0) is 15.0. The van der Waals surface area contributed by atoms with Crippen LogP contribution in [0.15, 0.2) is 16.7 Å². The van der Waals surface area contributed by atoms with Crippen molar-refractivity contribution >= 4 is 0 Å². The summed E-state index contributed by atoms with van der Waals surface area (Å²) in [5.41, 5.74) is -2.07. The molecule has 2 aromatic rings. The van der Waals surface area contributed by atoms with E-state index in [0.717, 1.165) is 12.1 Å². The molecule has 2 aromatic heterocycles. The average Bonchev–Trinajstić information content (AvgIpc) is 2.74. The summed E-state index contributed by atoms with van der Waals surface area (Å²) < 4.78 is 41.9. The predicted octanol–water partition coefficient (Wildman–Crippen LogP) is 1.86. The van der Waals surface area contributed by atoms with Crippen molar-refractivity contribution < 1.29 is 22.8 Å². The third kappa shape index (κ3) is 3.50. The fourth-order valence-electron chi connectivity index (χ4n) is 1.40. The van der Waals surface area contributed by atoms with Crippen molar-refractivity contribution in [1.29, 1.82) is 0 Å². The number of rotatable bonds is 3. The fraction of sp³-hybridized carbons (Fsp3) is 0.455. The van der Waals surface area contributed by atoms with Crippen LogP contribution in [0.25, 0.3) is 11.5 Å². The van der Waals surface area contributed by atoms with Crippen LogP contribution in [0, 0.1) is 0 Å². The summed E-state index contributed by atoms with van der Waals surface area (Å²) in [6.45, 7) is 3.13. The molecule has 0 aliphatic heterocycles. The molecular weight excluding hydrogens is 277 g/mol. The minimum Gasteiger partial charge on any atom is -0.390 e. The molecule has 0 spiro atoms. The first kappa shape index (κ1) is 14.4. The normalized spacial score (nSPS) is 12.7. The monoisotopic (exact) mass is 288 g/mol. The molecule has 9 heteroatoms. The first-order valence-electron chi connectivity index (χ1n) is 5.61. The van der Waals surface area contributed by atoms with Crippen molar-refractivity contribution in [2.24, 2.45) is 0 Å². The number of halogens is 3. The lowest BCUT2D eigenvalue weighted by atomic mass is 10.1. The van der Waals surface area contributed by atoms with Gasteiger partial charge in [-0.1, -0.05) is 5.16 Å².